The Labute approximate surface area is 133 Å². The summed E-state index contributed by atoms with van der Waals surface area (Å²) in [7, 11) is 4.16. The molecule has 4 heteroatoms. The maximum atomic E-state index is 6.20. The van der Waals surface area contributed by atoms with Crippen LogP contribution in [0.4, 0.5) is 11.4 Å². The van der Waals surface area contributed by atoms with E-state index < -0.39 is 0 Å². The smallest absolute Gasteiger partial charge is 0.0597 e. The molecule has 21 heavy (non-hydrogen) atoms. The van der Waals surface area contributed by atoms with Crippen molar-refractivity contribution >= 4 is 23.0 Å². The highest BCUT2D eigenvalue weighted by molar-refractivity contribution is 6.31. The molecule has 0 bridgehead atoms. The summed E-state index contributed by atoms with van der Waals surface area (Å²) in [6, 6.07) is 7.40. The first kappa shape index (κ1) is 15.0. The third-order valence-corrected chi connectivity index (χ3v) is 5.20. The van der Waals surface area contributed by atoms with E-state index >= 15 is 0 Å². The minimum Gasteiger partial charge on any atom is -0.380 e. The van der Waals surface area contributed by atoms with Gasteiger partial charge in [-0.3, -0.25) is 0 Å². The standard InChI is InChI=1S/C17H26ClN3/c1-21(2)17-9-8-12(18)11-16(17)20-15-6-3-5-13(15)14-7-4-10-19-14/h8-9,11,13-15,19-20H,3-7,10H2,1-2H3. The number of hydrogen-bond acceptors (Lipinski definition) is 3. The van der Waals surface area contributed by atoms with Crippen molar-refractivity contribution in [3.8, 4) is 0 Å². The van der Waals surface area contributed by atoms with Gasteiger partial charge in [-0.15, -0.1) is 0 Å². The van der Waals surface area contributed by atoms with Gasteiger partial charge >= 0.3 is 0 Å². The number of nitrogens with zero attached hydrogens (tertiary/aromatic N) is 1. The second-order valence-electron chi connectivity index (χ2n) is 6.60. The third kappa shape index (κ3) is 3.29. The van der Waals surface area contributed by atoms with Gasteiger partial charge in [0.2, 0.25) is 0 Å². The molecule has 3 nitrogen and oxygen atoms in total. The highest BCUT2D eigenvalue weighted by Gasteiger charge is 2.35. The zero-order chi connectivity index (χ0) is 14.8. The van der Waals surface area contributed by atoms with Gasteiger partial charge in [-0.05, 0) is 56.3 Å². The van der Waals surface area contributed by atoms with Crippen LogP contribution < -0.4 is 15.5 Å². The molecule has 3 unspecified atom stereocenters. The van der Waals surface area contributed by atoms with Crippen molar-refractivity contribution < 1.29 is 0 Å². The zero-order valence-electron chi connectivity index (χ0n) is 13.0. The molecule has 3 atom stereocenters. The Morgan fingerprint density at radius 1 is 1.19 bits per heavy atom. The lowest BCUT2D eigenvalue weighted by Crippen LogP contribution is -2.38. The van der Waals surface area contributed by atoms with Crippen LogP contribution in [0, 0.1) is 5.92 Å². The normalized spacial score (nSPS) is 28.8. The Balaban J connectivity index is 1.77. The number of anilines is 2. The van der Waals surface area contributed by atoms with E-state index in [9.17, 15) is 0 Å². The van der Waals surface area contributed by atoms with Crippen LogP contribution in [0.5, 0.6) is 0 Å². The third-order valence-electron chi connectivity index (χ3n) is 4.97. The molecule has 1 aromatic carbocycles. The number of hydrogen-bond donors (Lipinski definition) is 2. The van der Waals surface area contributed by atoms with Crippen LogP contribution in [0.15, 0.2) is 18.2 Å². The first-order valence-corrected chi connectivity index (χ1v) is 8.50. The topological polar surface area (TPSA) is 27.3 Å². The molecule has 1 saturated carbocycles. The highest BCUT2D eigenvalue weighted by atomic mass is 35.5. The maximum Gasteiger partial charge on any atom is 0.0597 e. The summed E-state index contributed by atoms with van der Waals surface area (Å²) < 4.78 is 0. The van der Waals surface area contributed by atoms with Crippen molar-refractivity contribution in [3.63, 3.8) is 0 Å². The molecule has 0 amide bonds. The molecule has 1 saturated heterocycles. The van der Waals surface area contributed by atoms with E-state index in [-0.39, 0.29) is 0 Å². The zero-order valence-corrected chi connectivity index (χ0v) is 13.8. The second kappa shape index (κ2) is 6.45. The molecule has 0 spiro atoms. The van der Waals surface area contributed by atoms with Gasteiger partial charge in [-0.1, -0.05) is 18.0 Å². The van der Waals surface area contributed by atoms with E-state index in [1.54, 1.807) is 0 Å². The predicted molar refractivity (Wildman–Crippen MR) is 91.6 cm³/mol. The molecular weight excluding hydrogens is 282 g/mol. The summed E-state index contributed by atoms with van der Waals surface area (Å²) in [4.78, 5) is 2.15. The molecule has 3 rings (SSSR count). The Hall–Kier alpha value is -0.930. The molecule has 1 heterocycles. The van der Waals surface area contributed by atoms with Gasteiger partial charge in [0.25, 0.3) is 0 Å². The van der Waals surface area contributed by atoms with Crippen molar-refractivity contribution in [1.82, 2.24) is 5.32 Å². The van der Waals surface area contributed by atoms with Crippen molar-refractivity contribution in [1.29, 1.82) is 0 Å². The van der Waals surface area contributed by atoms with E-state index in [0.717, 1.165) is 10.9 Å². The van der Waals surface area contributed by atoms with Gasteiger partial charge in [-0.2, -0.15) is 0 Å². The minimum atomic E-state index is 0.567. The Morgan fingerprint density at radius 3 is 2.76 bits per heavy atom. The van der Waals surface area contributed by atoms with Crippen LogP contribution in [0.1, 0.15) is 32.1 Å². The average molecular weight is 308 g/mol. The van der Waals surface area contributed by atoms with E-state index in [1.165, 1.54) is 50.0 Å². The van der Waals surface area contributed by atoms with Crippen molar-refractivity contribution in [2.24, 2.45) is 5.92 Å². The molecule has 2 fully saturated rings. The molecule has 1 aliphatic carbocycles. The molecular formula is C17H26ClN3. The molecule has 0 aromatic heterocycles. The first-order chi connectivity index (χ1) is 10.1. The van der Waals surface area contributed by atoms with Crippen LogP contribution in [0.25, 0.3) is 0 Å². The van der Waals surface area contributed by atoms with Gasteiger partial charge < -0.3 is 15.5 Å². The van der Waals surface area contributed by atoms with Crippen LogP contribution in [0.2, 0.25) is 5.02 Å². The fraction of sp³-hybridized carbons (Fsp3) is 0.647. The summed E-state index contributed by atoms with van der Waals surface area (Å²) in [6.45, 7) is 1.19. The lowest BCUT2D eigenvalue weighted by molar-refractivity contribution is 0.376. The summed E-state index contributed by atoms with van der Waals surface area (Å²) in [5, 5.41) is 8.28. The summed E-state index contributed by atoms with van der Waals surface area (Å²) in [5.41, 5.74) is 2.38. The average Bonchev–Trinajstić information content (AvgIpc) is 3.08. The lowest BCUT2D eigenvalue weighted by Gasteiger charge is -2.29. The number of halogens is 1. The van der Waals surface area contributed by atoms with E-state index in [4.69, 9.17) is 11.6 Å². The molecule has 2 aliphatic rings. The van der Waals surface area contributed by atoms with Gasteiger partial charge in [0.05, 0.1) is 11.4 Å². The Morgan fingerprint density at radius 2 is 2.05 bits per heavy atom. The maximum absolute atomic E-state index is 6.20. The van der Waals surface area contributed by atoms with Crippen LogP contribution in [-0.4, -0.2) is 32.7 Å². The first-order valence-electron chi connectivity index (χ1n) is 8.12. The summed E-state index contributed by atoms with van der Waals surface area (Å²) in [6.07, 6.45) is 6.60. The van der Waals surface area contributed by atoms with Crippen molar-refractivity contribution in [3.05, 3.63) is 23.2 Å². The van der Waals surface area contributed by atoms with Gasteiger partial charge in [0.1, 0.15) is 0 Å². The monoisotopic (exact) mass is 307 g/mol. The van der Waals surface area contributed by atoms with Crippen LogP contribution in [-0.2, 0) is 0 Å². The van der Waals surface area contributed by atoms with Crippen molar-refractivity contribution in [2.45, 2.75) is 44.2 Å². The molecule has 2 N–H and O–H groups in total. The van der Waals surface area contributed by atoms with Crippen LogP contribution in [0.3, 0.4) is 0 Å². The van der Waals surface area contributed by atoms with E-state index in [2.05, 4.69) is 41.8 Å². The molecule has 0 radical (unpaired) electrons. The quantitative estimate of drug-likeness (QED) is 0.887. The summed E-state index contributed by atoms with van der Waals surface area (Å²) in [5.74, 6) is 0.751. The SMILES string of the molecule is CN(C)c1ccc(Cl)cc1NC1CCCC1C1CCCN1. The van der Waals surface area contributed by atoms with Gasteiger partial charge in [0.15, 0.2) is 0 Å². The Bertz CT molecular complexity index is 483. The molecule has 1 aliphatic heterocycles. The van der Waals surface area contributed by atoms with Gasteiger partial charge in [0, 0.05) is 31.2 Å². The summed E-state index contributed by atoms with van der Waals surface area (Å²) >= 11 is 6.20. The Kier molecular flexibility index (Phi) is 4.60. The lowest BCUT2D eigenvalue weighted by atomic mass is 9.93. The van der Waals surface area contributed by atoms with E-state index in [1.807, 2.05) is 6.07 Å². The number of rotatable bonds is 4. The highest BCUT2D eigenvalue weighted by Crippen LogP contribution is 2.36. The largest absolute Gasteiger partial charge is 0.380 e. The van der Waals surface area contributed by atoms with Crippen LogP contribution >= 0.6 is 11.6 Å². The van der Waals surface area contributed by atoms with Crippen molar-refractivity contribution in [2.75, 3.05) is 30.9 Å². The fourth-order valence-electron chi connectivity index (χ4n) is 3.94. The molecule has 1 aromatic rings. The van der Waals surface area contributed by atoms with Gasteiger partial charge in [-0.25, -0.2) is 0 Å². The minimum absolute atomic E-state index is 0.567. The fourth-order valence-corrected chi connectivity index (χ4v) is 4.11. The number of benzene rings is 1. The predicted octanol–water partition coefficient (Wildman–Crippen LogP) is 3.74. The van der Waals surface area contributed by atoms with E-state index in [0.29, 0.717) is 12.1 Å². The number of nitrogens with one attached hydrogen (secondary N) is 2. The second-order valence-corrected chi connectivity index (χ2v) is 7.04. The molecule has 116 valence electrons.